The average Bonchev–Trinajstić information content (AvgIpc) is 2.69. The molecule has 6 heteroatoms. The Morgan fingerprint density at radius 2 is 2.25 bits per heavy atom. The number of aliphatic imine (C=N–C) groups is 2. The van der Waals surface area contributed by atoms with E-state index < -0.39 is 0 Å². The highest BCUT2D eigenvalue weighted by atomic mass is 32.1. The summed E-state index contributed by atoms with van der Waals surface area (Å²) in [4.78, 5) is 10.7. The molecule has 2 N–H and O–H groups in total. The van der Waals surface area contributed by atoms with Gasteiger partial charge in [0.15, 0.2) is 0 Å². The Bertz CT molecular complexity index is 407. The van der Waals surface area contributed by atoms with Gasteiger partial charge in [0, 0.05) is 14.1 Å². The molecule has 1 aliphatic rings. The molecule has 2 heterocycles. The van der Waals surface area contributed by atoms with Crippen LogP contribution in [0.4, 0.5) is 5.00 Å². The predicted octanol–water partition coefficient (Wildman–Crippen LogP) is 1.38. The van der Waals surface area contributed by atoms with E-state index in [1.807, 2.05) is 43.4 Å². The summed E-state index contributed by atoms with van der Waals surface area (Å²) < 4.78 is 0. The van der Waals surface area contributed by atoms with Crippen molar-refractivity contribution in [2.45, 2.75) is 13.1 Å². The van der Waals surface area contributed by atoms with Gasteiger partial charge in [0.1, 0.15) is 6.17 Å². The molecule has 0 saturated carbocycles. The lowest BCUT2D eigenvalue weighted by atomic mass is 10.5. The molecule has 1 unspecified atom stereocenters. The lowest BCUT2D eigenvalue weighted by Crippen LogP contribution is -2.46. The molecule has 0 aliphatic carbocycles. The number of guanidine groups is 2. The van der Waals surface area contributed by atoms with E-state index in [1.165, 1.54) is 0 Å². The van der Waals surface area contributed by atoms with Crippen LogP contribution < -0.4 is 10.6 Å². The molecule has 0 fully saturated rings. The normalized spacial score (nSPS) is 19.6. The van der Waals surface area contributed by atoms with Crippen LogP contribution in [0.25, 0.3) is 0 Å². The second-order valence-corrected chi connectivity index (χ2v) is 4.63. The molecule has 2 rings (SSSR count). The second kappa shape index (κ2) is 4.52. The molecule has 0 amide bonds. The van der Waals surface area contributed by atoms with Gasteiger partial charge in [-0.25, -0.2) is 9.98 Å². The third-order valence-electron chi connectivity index (χ3n) is 2.04. The van der Waals surface area contributed by atoms with Crippen LogP contribution in [0.3, 0.4) is 0 Å². The summed E-state index contributed by atoms with van der Waals surface area (Å²) in [5, 5.41) is 9.46. The Hall–Kier alpha value is -1.56. The van der Waals surface area contributed by atoms with Gasteiger partial charge in [0.25, 0.3) is 0 Å². The van der Waals surface area contributed by atoms with Gasteiger partial charge >= 0.3 is 0 Å². The first kappa shape index (κ1) is 10.9. The first-order valence-electron chi connectivity index (χ1n) is 5.05. The fourth-order valence-corrected chi connectivity index (χ4v) is 1.94. The fraction of sp³-hybridized carbons (Fsp3) is 0.400. The van der Waals surface area contributed by atoms with E-state index in [-0.39, 0.29) is 6.17 Å². The molecule has 1 atom stereocenters. The van der Waals surface area contributed by atoms with E-state index in [1.54, 1.807) is 11.3 Å². The smallest absolute Gasteiger partial charge is 0.205 e. The Labute approximate surface area is 98.9 Å². The lowest BCUT2D eigenvalue weighted by Gasteiger charge is -2.23. The quantitative estimate of drug-likeness (QED) is 0.776. The van der Waals surface area contributed by atoms with E-state index in [0.29, 0.717) is 0 Å². The van der Waals surface area contributed by atoms with Crippen LogP contribution in [0.2, 0.25) is 0 Å². The molecular weight excluding hydrogens is 222 g/mol. The van der Waals surface area contributed by atoms with E-state index >= 15 is 0 Å². The van der Waals surface area contributed by atoms with Gasteiger partial charge in [-0.05, 0) is 24.4 Å². The monoisotopic (exact) mass is 237 g/mol. The van der Waals surface area contributed by atoms with E-state index in [0.717, 1.165) is 16.9 Å². The highest BCUT2D eigenvalue weighted by Gasteiger charge is 2.14. The van der Waals surface area contributed by atoms with Crippen molar-refractivity contribution in [2.24, 2.45) is 9.98 Å². The topological polar surface area (TPSA) is 52.0 Å². The minimum absolute atomic E-state index is 0.0545. The number of hydrogen-bond acceptors (Lipinski definition) is 6. The number of nitrogens with one attached hydrogen (secondary N) is 2. The van der Waals surface area contributed by atoms with Crippen molar-refractivity contribution >= 4 is 28.3 Å². The molecule has 86 valence electrons. The van der Waals surface area contributed by atoms with Gasteiger partial charge in [-0.2, -0.15) is 0 Å². The maximum absolute atomic E-state index is 4.38. The highest BCUT2D eigenvalue weighted by Crippen LogP contribution is 2.15. The number of hydrogen-bond donors (Lipinski definition) is 2. The molecule has 0 saturated heterocycles. The van der Waals surface area contributed by atoms with Crippen molar-refractivity contribution < 1.29 is 0 Å². The van der Waals surface area contributed by atoms with Crippen molar-refractivity contribution in [3.05, 3.63) is 17.5 Å². The largest absolute Gasteiger partial charge is 0.349 e. The Morgan fingerprint density at radius 1 is 1.44 bits per heavy atom. The molecule has 0 spiro atoms. The predicted molar refractivity (Wildman–Crippen MR) is 69.1 cm³/mol. The summed E-state index contributed by atoms with van der Waals surface area (Å²) in [7, 11) is 3.90. The van der Waals surface area contributed by atoms with Gasteiger partial charge < -0.3 is 10.2 Å². The Kier molecular flexibility index (Phi) is 3.09. The van der Waals surface area contributed by atoms with Gasteiger partial charge in [-0.15, -0.1) is 11.3 Å². The Balaban J connectivity index is 2.07. The molecule has 0 aromatic carbocycles. The Morgan fingerprint density at radius 3 is 2.88 bits per heavy atom. The van der Waals surface area contributed by atoms with Crippen LogP contribution in [-0.2, 0) is 0 Å². The molecule has 16 heavy (non-hydrogen) atoms. The molecule has 0 bridgehead atoms. The van der Waals surface area contributed by atoms with E-state index in [2.05, 4.69) is 20.6 Å². The van der Waals surface area contributed by atoms with Crippen LogP contribution in [0.1, 0.15) is 6.92 Å². The van der Waals surface area contributed by atoms with Crippen molar-refractivity contribution in [2.75, 3.05) is 19.4 Å². The van der Waals surface area contributed by atoms with E-state index in [9.17, 15) is 0 Å². The number of nitrogens with zero attached hydrogens (tertiary/aromatic N) is 3. The third kappa shape index (κ3) is 2.52. The summed E-state index contributed by atoms with van der Waals surface area (Å²) in [6.07, 6.45) is -0.0545. The summed E-state index contributed by atoms with van der Waals surface area (Å²) in [5.41, 5.74) is 0. The maximum atomic E-state index is 4.38. The summed E-state index contributed by atoms with van der Waals surface area (Å²) in [6.45, 7) is 1.96. The molecule has 5 nitrogen and oxygen atoms in total. The maximum Gasteiger partial charge on any atom is 0.205 e. The van der Waals surface area contributed by atoms with Crippen LogP contribution in [0.15, 0.2) is 27.5 Å². The summed E-state index contributed by atoms with van der Waals surface area (Å²) in [6, 6.07) is 4.02. The number of rotatable bonds is 1. The highest BCUT2D eigenvalue weighted by molar-refractivity contribution is 7.14. The number of anilines is 1. The molecule has 1 aromatic rings. The van der Waals surface area contributed by atoms with Crippen molar-refractivity contribution in [3.8, 4) is 0 Å². The van der Waals surface area contributed by atoms with Gasteiger partial charge in [0.05, 0.1) is 5.00 Å². The van der Waals surface area contributed by atoms with Crippen LogP contribution >= 0.6 is 11.3 Å². The molecular formula is C10H15N5S. The average molecular weight is 237 g/mol. The second-order valence-electron chi connectivity index (χ2n) is 3.68. The van der Waals surface area contributed by atoms with Gasteiger partial charge in [0.2, 0.25) is 11.9 Å². The van der Waals surface area contributed by atoms with Crippen LogP contribution in [0.5, 0.6) is 0 Å². The zero-order chi connectivity index (χ0) is 11.5. The first-order valence-corrected chi connectivity index (χ1v) is 5.93. The number of thiophene rings is 1. The third-order valence-corrected chi connectivity index (χ3v) is 2.83. The fourth-order valence-electron chi connectivity index (χ4n) is 1.32. The van der Waals surface area contributed by atoms with E-state index in [4.69, 9.17) is 0 Å². The first-order chi connectivity index (χ1) is 7.65. The SMILES string of the molecule is CC1N=C(Nc2cccs2)NC(N(C)C)=N1. The molecule has 1 aliphatic heterocycles. The lowest BCUT2D eigenvalue weighted by molar-refractivity contribution is 0.582. The minimum Gasteiger partial charge on any atom is -0.349 e. The zero-order valence-corrected chi connectivity index (χ0v) is 10.4. The molecule has 0 radical (unpaired) electrons. The van der Waals surface area contributed by atoms with Crippen LogP contribution in [-0.4, -0.2) is 37.1 Å². The standard InChI is InChI=1S/C10H15N5S/c1-7-11-9(13-8-5-4-6-16-8)14-10(12-7)15(2)3/h4-7H,1-3H3,(H2,11,12,13,14). The minimum atomic E-state index is -0.0545. The summed E-state index contributed by atoms with van der Waals surface area (Å²) in [5.74, 6) is 1.57. The van der Waals surface area contributed by atoms with Gasteiger partial charge in [-0.3, -0.25) is 5.32 Å². The molecule has 1 aromatic heterocycles. The van der Waals surface area contributed by atoms with Crippen molar-refractivity contribution in [3.63, 3.8) is 0 Å². The van der Waals surface area contributed by atoms with Crippen molar-refractivity contribution in [1.82, 2.24) is 10.2 Å². The van der Waals surface area contributed by atoms with Crippen molar-refractivity contribution in [1.29, 1.82) is 0 Å². The van der Waals surface area contributed by atoms with Gasteiger partial charge in [-0.1, -0.05) is 0 Å². The zero-order valence-electron chi connectivity index (χ0n) is 9.56. The van der Waals surface area contributed by atoms with Crippen LogP contribution in [0, 0.1) is 0 Å². The summed E-state index contributed by atoms with van der Waals surface area (Å²) >= 11 is 1.64.